The third-order valence-electron chi connectivity index (χ3n) is 2.46. The lowest BCUT2D eigenvalue weighted by Crippen LogP contribution is -1.97. The van der Waals surface area contributed by atoms with E-state index in [1.54, 1.807) is 18.3 Å². The van der Waals surface area contributed by atoms with Crippen LogP contribution in [0.4, 0.5) is 15.9 Å². The van der Waals surface area contributed by atoms with Crippen molar-refractivity contribution in [3.63, 3.8) is 0 Å². The second-order valence-corrected chi connectivity index (χ2v) is 4.92. The molecule has 3 aromatic rings. The highest BCUT2D eigenvalue weighted by atomic mass is 79.9. The van der Waals surface area contributed by atoms with Crippen molar-refractivity contribution in [2.45, 2.75) is 0 Å². The molecule has 0 aliphatic carbocycles. The van der Waals surface area contributed by atoms with Crippen LogP contribution in [-0.4, -0.2) is 20.2 Å². The number of benzene rings is 1. The van der Waals surface area contributed by atoms with Crippen LogP contribution in [0.1, 0.15) is 0 Å². The Morgan fingerprint density at radius 1 is 1.32 bits per heavy atom. The largest absolute Gasteiger partial charge is 0.339 e. The summed E-state index contributed by atoms with van der Waals surface area (Å²) in [7, 11) is 0. The number of fused-ring (bicyclic) bond motifs is 1. The molecule has 96 valence electrons. The molecule has 0 unspecified atom stereocenters. The number of nitrogens with one attached hydrogen (secondary N) is 2. The van der Waals surface area contributed by atoms with E-state index in [1.165, 1.54) is 6.07 Å². The van der Waals surface area contributed by atoms with Crippen molar-refractivity contribution in [1.82, 2.24) is 20.2 Å². The summed E-state index contributed by atoms with van der Waals surface area (Å²) in [5, 5.41) is 10.3. The third-order valence-corrected chi connectivity index (χ3v) is 3.28. The zero-order valence-electron chi connectivity index (χ0n) is 9.28. The van der Waals surface area contributed by atoms with Gasteiger partial charge in [-0.2, -0.15) is 15.1 Å². The van der Waals surface area contributed by atoms with Gasteiger partial charge < -0.3 is 5.32 Å². The molecule has 0 spiro atoms. The molecule has 19 heavy (non-hydrogen) atoms. The first-order chi connectivity index (χ1) is 9.13. The molecule has 0 radical (unpaired) electrons. The van der Waals surface area contributed by atoms with Gasteiger partial charge in [0.2, 0.25) is 5.28 Å². The van der Waals surface area contributed by atoms with Crippen LogP contribution in [0.3, 0.4) is 0 Å². The lowest BCUT2D eigenvalue weighted by atomic mass is 10.3. The highest BCUT2D eigenvalue weighted by Crippen LogP contribution is 2.26. The molecule has 2 aromatic heterocycles. The van der Waals surface area contributed by atoms with Crippen LogP contribution in [-0.2, 0) is 0 Å². The van der Waals surface area contributed by atoms with Gasteiger partial charge in [-0.1, -0.05) is 0 Å². The van der Waals surface area contributed by atoms with Crippen LogP contribution in [0, 0.1) is 5.82 Å². The summed E-state index contributed by atoms with van der Waals surface area (Å²) in [6.07, 6.45) is 1.57. The molecule has 8 heteroatoms. The molecule has 3 rings (SSSR count). The van der Waals surface area contributed by atoms with E-state index in [4.69, 9.17) is 11.6 Å². The standard InChI is InChI=1S/C11H6BrClFN5/c12-7-2-1-5(3-8(7)14)16-9-6-4-15-19-10(6)18-11(13)17-9/h1-4H,(H2,15,16,17,18,19). The minimum absolute atomic E-state index is 0.0804. The molecular weight excluding hydrogens is 337 g/mol. The van der Waals surface area contributed by atoms with Crippen LogP contribution >= 0.6 is 27.5 Å². The maximum Gasteiger partial charge on any atom is 0.226 e. The Balaban J connectivity index is 2.04. The van der Waals surface area contributed by atoms with Gasteiger partial charge in [0.1, 0.15) is 11.6 Å². The van der Waals surface area contributed by atoms with Crippen LogP contribution in [0.25, 0.3) is 11.0 Å². The normalized spacial score (nSPS) is 10.9. The SMILES string of the molecule is Fc1cc(Nc2nc(Cl)nc3[nH]ncc23)ccc1Br. The summed E-state index contributed by atoms with van der Waals surface area (Å²) in [6.45, 7) is 0. The number of H-pyrrole nitrogens is 1. The molecule has 0 amide bonds. The Bertz CT molecular complexity index is 760. The quantitative estimate of drug-likeness (QED) is 0.698. The van der Waals surface area contributed by atoms with Gasteiger partial charge in [-0.05, 0) is 45.7 Å². The summed E-state index contributed by atoms with van der Waals surface area (Å²) in [4.78, 5) is 8.05. The second-order valence-electron chi connectivity index (χ2n) is 3.73. The van der Waals surface area contributed by atoms with Crippen molar-refractivity contribution in [3.8, 4) is 0 Å². The summed E-state index contributed by atoms with van der Waals surface area (Å²) < 4.78 is 13.8. The Labute approximate surface area is 120 Å². The molecule has 0 saturated carbocycles. The summed E-state index contributed by atoms with van der Waals surface area (Å²) in [5.41, 5.74) is 1.07. The molecule has 5 nitrogen and oxygen atoms in total. The molecule has 2 heterocycles. The van der Waals surface area contributed by atoms with Gasteiger partial charge in [-0.15, -0.1) is 0 Å². The van der Waals surface area contributed by atoms with Crippen molar-refractivity contribution in [3.05, 3.63) is 40.0 Å². The van der Waals surface area contributed by atoms with E-state index in [1.807, 2.05) is 0 Å². The predicted octanol–water partition coefficient (Wildman–Crippen LogP) is 3.65. The van der Waals surface area contributed by atoms with Crippen molar-refractivity contribution < 1.29 is 4.39 Å². The topological polar surface area (TPSA) is 66.5 Å². The molecule has 0 fully saturated rings. The molecular formula is C11H6BrClFN5. The molecule has 0 saturated heterocycles. The third kappa shape index (κ3) is 2.39. The molecule has 0 atom stereocenters. The zero-order valence-corrected chi connectivity index (χ0v) is 11.6. The van der Waals surface area contributed by atoms with Crippen molar-refractivity contribution in [2.24, 2.45) is 0 Å². The van der Waals surface area contributed by atoms with Gasteiger partial charge in [0, 0.05) is 5.69 Å². The highest BCUT2D eigenvalue weighted by Gasteiger charge is 2.09. The van der Waals surface area contributed by atoms with Gasteiger partial charge in [-0.3, -0.25) is 5.10 Å². The number of hydrogen-bond acceptors (Lipinski definition) is 4. The van der Waals surface area contributed by atoms with Crippen molar-refractivity contribution in [2.75, 3.05) is 5.32 Å². The Morgan fingerprint density at radius 3 is 2.95 bits per heavy atom. The van der Waals surface area contributed by atoms with E-state index >= 15 is 0 Å². The maximum absolute atomic E-state index is 13.5. The first-order valence-corrected chi connectivity index (χ1v) is 6.39. The molecule has 2 N–H and O–H groups in total. The van der Waals surface area contributed by atoms with Gasteiger partial charge in [0.05, 0.1) is 16.1 Å². The molecule has 0 aliphatic heterocycles. The van der Waals surface area contributed by atoms with E-state index in [-0.39, 0.29) is 11.1 Å². The lowest BCUT2D eigenvalue weighted by molar-refractivity contribution is 0.622. The predicted molar refractivity (Wildman–Crippen MR) is 74.1 cm³/mol. The van der Waals surface area contributed by atoms with Crippen molar-refractivity contribution >= 4 is 50.1 Å². The Kier molecular flexibility index (Phi) is 3.08. The minimum Gasteiger partial charge on any atom is -0.339 e. The van der Waals surface area contributed by atoms with Crippen LogP contribution < -0.4 is 5.32 Å². The second kappa shape index (κ2) is 4.75. The average Bonchev–Trinajstić information content (AvgIpc) is 2.82. The highest BCUT2D eigenvalue weighted by molar-refractivity contribution is 9.10. The fourth-order valence-corrected chi connectivity index (χ4v) is 2.03. The van der Waals surface area contributed by atoms with E-state index in [2.05, 4.69) is 41.4 Å². The fourth-order valence-electron chi connectivity index (χ4n) is 1.61. The Morgan fingerprint density at radius 2 is 2.16 bits per heavy atom. The van der Waals surface area contributed by atoms with Crippen LogP contribution in [0.15, 0.2) is 28.9 Å². The van der Waals surface area contributed by atoms with Gasteiger partial charge in [0.15, 0.2) is 5.65 Å². The van der Waals surface area contributed by atoms with Crippen LogP contribution in [0.2, 0.25) is 5.28 Å². The summed E-state index contributed by atoms with van der Waals surface area (Å²) in [5.74, 6) is 0.0964. The number of aromatic amines is 1. The van der Waals surface area contributed by atoms with E-state index < -0.39 is 0 Å². The number of aromatic nitrogens is 4. The lowest BCUT2D eigenvalue weighted by Gasteiger charge is -2.07. The minimum atomic E-state index is -0.367. The van der Waals surface area contributed by atoms with E-state index in [0.29, 0.717) is 27.0 Å². The van der Waals surface area contributed by atoms with E-state index in [0.717, 1.165) is 0 Å². The zero-order chi connectivity index (χ0) is 13.4. The van der Waals surface area contributed by atoms with Crippen molar-refractivity contribution in [1.29, 1.82) is 0 Å². The summed E-state index contributed by atoms with van der Waals surface area (Å²) in [6, 6.07) is 4.67. The number of anilines is 2. The average molecular weight is 343 g/mol. The smallest absolute Gasteiger partial charge is 0.226 e. The number of nitrogens with zero attached hydrogens (tertiary/aromatic N) is 3. The van der Waals surface area contributed by atoms with Gasteiger partial charge in [0.25, 0.3) is 0 Å². The summed E-state index contributed by atoms with van der Waals surface area (Å²) >= 11 is 8.91. The van der Waals surface area contributed by atoms with Gasteiger partial charge in [-0.25, -0.2) is 4.39 Å². The number of rotatable bonds is 2. The molecule has 1 aromatic carbocycles. The fraction of sp³-hybridized carbons (Fsp3) is 0. The van der Waals surface area contributed by atoms with Gasteiger partial charge >= 0.3 is 0 Å². The monoisotopic (exact) mass is 341 g/mol. The van der Waals surface area contributed by atoms with E-state index in [9.17, 15) is 4.39 Å². The van der Waals surface area contributed by atoms with Crippen LogP contribution in [0.5, 0.6) is 0 Å². The number of halogens is 3. The molecule has 0 bridgehead atoms. The number of hydrogen-bond donors (Lipinski definition) is 2. The maximum atomic E-state index is 13.5. The first-order valence-electron chi connectivity index (χ1n) is 5.22. The Hall–Kier alpha value is -1.73. The first kappa shape index (κ1) is 12.3. The molecule has 0 aliphatic rings.